The summed E-state index contributed by atoms with van der Waals surface area (Å²) in [5.74, 6) is -0.292. The van der Waals surface area contributed by atoms with Crippen molar-refractivity contribution in [1.82, 2.24) is 9.62 Å². The van der Waals surface area contributed by atoms with E-state index in [9.17, 15) is 13.2 Å². The summed E-state index contributed by atoms with van der Waals surface area (Å²) in [5, 5.41) is 11.3. The standard InChI is InChI=1S/C14H20N2O4S/c17-11-8-15-14(18)12-6-9-16(10-7-12)21(19,20)13-4-2-1-3-5-13/h1-5,12,17H,6-11H2,(H,15,18). The van der Waals surface area contributed by atoms with E-state index in [4.69, 9.17) is 5.11 Å². The maximum Gasteiger partial charge on any atom is 0.243 e. The molecular formula is C14H20N2O4S. The van der Waals surface area contributed by atoms with Crippen LogP contribution in [0.5, 0.6) is 0 Å². The van der Waals surface area contributed by atoms with Crippen molar-refractivity contribution < 1.29 is 18.3 Å². The molecule has 0 saturated carbocycles. The molecule has 21 heavy (non-hydrogen) atoms. The summed E-state index contributed by atoms with van der Waals surface area (Å²) in [7, 11) is -3.47. The quantitative estimate of drug-likeness (QED) is 0.813. The second-order valence-electron chi connectivity index (χ2n) is 5.01. The number of hydrogen-bond acceptors (Lipinski definition) is 4. The maximum absolute atomic E-state index is 12.4. The molecule has 1 heterocycles. The molecule has 2 rings (SSSR count). The second kappa shape index (κ2) is 7.02. The minimum absolute atomic E-state index is 0.0903. The van der Waals surface area contributed by atoms with Crippen LogP contribution in [0.4, 0.5) is 0 Å². The van der Waals surface area contributed by atoms with E-state index in [1.807, 2.05) is 0 Å². The fourth-order valence-electron chi connectivity index (χ4n) is 2.42. The summed E-state index contributed by atoms with van der Waals surface area (Å²) in [6.07, 6.45) is 1.01. The minimum atomic E-state index is -3.47. The van der Waals surface area contributed by atoms with Crippen LogP contribution in [0.3, 0.4) is 0 Å². The normalized spacial score (nSPS) is 17.6. The molecule has 1 amide bonds. The van der Waals surface area contributed by atoms with E-state index in [1.165, 1.54) is 4.31 Å². The van der Waals surface area contributed by atoms with Gasteiger partial charge in [-0.2, -0.15) is 4.31 Å². The predicted octanol–water partition coefficient (Wildman–Crippen LogP) is 0.196. The molecule has 1 aliphatic heterocycles. The van der Waals surface area contributed by atoms with Crippen LogP contribution < -0.4 is 5.32 Å². The minimum Gasteiger partial charge on any atom is -0.395 e. The Bertz CT molecular complexity index is 566. The van der Waals surface area contributed by atoms with Gasteiger partial charge >= 0.3 is 0 Å². The summed E-state index contributed by atoms with van der Waals surface area (Å²) in [4.78, 5) is 12.1. The highest BCUT2D eigenvalue weighted by Crippen LogP contribution is 2.23. The third-order valence-corrected chi connectivity index (χ3v) is 5.53. The summed E-state index contributed by atoms with van der Waals surface area (Å²) < 4.78 is 26.3. The van der Waals surface area contributed by atoms with E-state index < -0.39 is 10.0 Å². The highest BCUT2D eigenvalue weighted by molar-refractivity contribution is 7.89. The van der Waals surface area contributed by atoms with Crippen molar-refractivity contribution in [2.45, 2.75) is 17.7 Å². The van der Waals surface area contributed by atoms with Gasteiger partial charge in [0, 0.05) is 25.6 Å². The molecule has 1 aromatic carbocycles. The number of benzene rings is 1. The molecule has 0 aliphatic carbocycles. The zero-order valence-corrected chi connectivity index (χ0v) is 12.6. The fourth-order valence-corrected chi connectivity index (χ4v) is 3.91. The van der Waals surface area contributed by atoms with Gasteiger partial charge in [-0.25, -0.2) is 8.42 Å². The van der Waals surface area contributed by atoms with Gasteiger partial charge in [-0.05, 0) is 25.0 Å². The Hall–Kier alpha value is -1.44. The SMILES string of the molecule is O=C(NCCO)C1CCN(S(=O)(=O)c2ccccc2)CC1. The van der Waals surface area contributed by atoms with Gasteiger partial charge in [-0.3, -0.25) is 4.79 Å². The molecule has 2 N–H and O–H groups in total. The van der Waals surface area contributed by atoms with Gasteiger partial charge in [0.25, 0.3) is 0 Å². The largest absolute Gasteiger partial charge is 0.395 e. The number of piperidine rings is 1. The molecule has 0 bridgehead atoms. The van der Waals surface area contributed by atoms with Crippen LogP contribution in [-0.4, -0.2) is 50.0 Å². The lowest BCUT2D eigenvalue weighted by Gasteiger charge is -2.30. The van der Waals surface area contributed by atoms with Crippen molar-refractivity contribution in [2.75, 3.05) is 26.2 Å². The third kappa shape index (κ3) is 3.81. The molecule has 0 aromatic heterocycles. The lowest BCUT2D eigenvalue weighted by Crippen LogP contribution is -2.43. The number of amides is 1. The number of aliphatic hydroxyl groups is 1. The number of carbonyl (C=O) groups excluding carboxylic acids is 1. The smallest absolute Gasteiger partial charge is 0.243 e. The molecule has 1 saturated heterocycles. The van der Waals surface area contributed by atoms with Gasteiger partial charge in [-0.15, -0.1) is 0 Å². The van der Waals surface area contributed by atoms with E-state index in [-0.39, 0.29) is 29.9 Å². The van der Waals surface area contributed by atoms with Gasteiger partial charge in [0.05, 0.1) is 11.5 Å². The number of hydrogen-bond donors (Lipinski definition) is 2. The Balaban J connectivity index is 1.96. The number of nitrogens with one attached hydrogen (secondary N) is 1. The van der Waals surface area contributed by atoms with Gasteiger partial charge in [0.1, 0.15) is 0 Å². The Labute approximate surface area is 124 Å². The molecule has 7 heteroatoms. The van der Waals surface area contributed by atoms with Crippen LogP contribution in [0.25, 0.3) is 0 Å². The Morgan fingerprint density at radius 3 is 2.43 bits per heavy atom. The number of nitrogens with zero attached hydrogens (tertiary/aromatic N) is 1. The van der Waals surface area contributed by atoms with Crippen LogP contribution in [0.2, 0.25) is 0 Å². The number of rotatable bonds is 5. The Morgan fingerprint density at radius 2 is 1.86 bits per heavy atom. The van der Waals surface area contributed by atoms with Crippen molar-refractivity contribution >= 4 is 15.9 Å². The van der Waals surface area contributed by atoms with E-state index in [1.54, 1.807) is 30.3 Å². The molecule has 0 atom stereocenters. The first kappa shape index (κ1) is 15.9. The van der Waals surface area contributed by atoms with Crippen molar-refractivity contribution in [3.05, 3.63) is 30.3 Å². The lowest BCUT2D eigenvalue weighted by atomic mass is 9.97. The van der Waals surface area contributed by atoms with Gasteiger partial charge in [-0.1, -0.05) is 18.2 Å². The molecular weight excluding hydrogens is 292 g/mol. The average Bonchev–Trinajstić information content (AvgIpc) is 2.53. The van der Waals surface area contributed by atoms with Crippen LogP contribution in [0.15, 0.2) is 35.2 Å². The maximum atomic E-state index is 12.4. The molecule has 0 unspecified atom stereocenters. The van der Waals surface area contributed by atoms with E-state index in [2.05, 4.69) is 5.32 Å². The first-order chi connectivity index (χ1) is 10.1. The predicted molar refractivity (Wildman–Crippen MR) is 78.0 cm³/mol. The summed E-state index contributed by atoms with van der Waals surface area (Å²) in [6.45, 7) is 0.831. The Kier molecular flexibility index (Phi) is 5.33. The van der Waals surface area contributed by atoms with Crippen LogP contribution >= 0.6 is 0 Å². The molecule has 116 valence electrons. The number of aliphatic hydroxyl groups excluding tert-OH is 1. The second-order valence-corrected chi connectivity index (χ2v) is 6.94. The average molecular weight is 312 g/mol. The van der Waals surface area contributed by atoms with E-state index in [0.717, 1.165) is 0 Å². The lowest BCUT2D eigenvalue weighted by molar-refractivity contribution is -0.126. The fraction of sp³-hybridized carbons (Fsp3) is 0.500. The van der Waals surface area contributed by atoms with Crippen molar-refractivity contribution in [3.63, 3.8) is 0 Å². The highest BCUT2D eigenvalue weighted by atomic mass is 32.2. The third-order valence-electron chi connectivity index (χ3n) is 3.62. The summed E-state index contributed by atoms with van der Waals surface area (Å²) in [5.41, 5.74) is 0. The molecule has 1 fully saturated rings. The number of sulfonamides is 1. The Morgan fingerprint density at radius 1 is 1.24 bits per heavy atom. The summed E-state index contributed by atoms with van der Waals surface area (Å²) >= 11 is 0. The zero-order valence-electron chi connectivity index (χ0n) is 11.7. The first-order valence-electron chi connectivity index (χ1n) is 6.99. The monoisotopic (exact) mass is 312 g/mol. The van der Waals surface area contributed by atoms with Crippen LogP contribution in [0, 0.1) is 5.92 Å². The summed E-state index contributed by atoms with van der Waals surface area (Å²) in [6, 6.07) is 8.32. The molecule has 1 aliphatic rings. The van der Waals surface area contributed by atoms with Gasteiger partial charge in [0.15, 0.2) is 0 Å². The van der Waals surface area contributed by atoms with Crippen molar-refractivity contribution in [2.24, 2.45) is 5.92 Å². The van der Waals surface area contributed by atoms with Crippen LogP contribution in [-0.2, 0) is 14.8 Å². The molecule has 6 nitrogen and oxygen atoms in total. The molecule has 1 aromatic rings. The molecule has 0 spiro atoms. The topological polar surface area (TPSA) is 86.7 Å². The number of carbonyl (C=O) groups is 1. The van der Waals surface area contributed by atoms with Gasteiger partial charge in [0.2, 0.25) is 15.9 Å². The van der Waals surface area contributed by atoms with Gasteiger partial charge < -0.3 is 10.4 Å². The first-order valence-corrected chi connectivity index (χ1v) is 8.43. The van der Waals surface area contributed by atoms with E-state index >= 15 is 0 Å². The highest BCUT2D eigenvalue weighted by Gasteiger charge is 2.31. The molecule has 0 radical (unpaired) electrons. The van der Waals surface area contributed by atoms with Crippen LogP contribution in [0.1, 0.15) is 12.8 Å². The van der Waals surface area contributed by atoms with Crippen molar-refractivity contribution in [3.8, 4) is 0 Å². The van der Waals surface area contributed by atoms with E-state index in [0.29, 0.717) is 25.9 Å². The zero-order chi connectivity index (χ0) is 15.3. The van der Waals surface area contributed by atoms with Crippen molar-refractivity contribution in [1.29, 1.82) is 0 Å².